The van der Waals surface area contributed by atoms with Gasteiger partial charge in [-0.2, -0.15) is 0 Å². The predicted octanol–water partition coefficient (Wildman–Crippen LogP) is 10.7. The van der Waals surface area contributed by atoms with Crippen molar-refractivity contribution < 1.29 is 0 Å². The van der Waals surface area contributed by atoms with Crippen LogP contribution >= 0.6 is 0 Å². The fourth-order valence-corrected chi connectivity index (χ4v) is 6.19. The Kier molecular flexibility index (Phi) is 5.56. The van der Waals surface area contributed by atoms with Crippen molar-refractivity contribution in [2.45, 2.75) is 19.3 Å². The summed E-state index contributed by atoms with van der Waals surface area (Å²) in [6.45, 7) is 4.70. The number of benzene rings is 6. The third-order valence-electron chi connectivity index (χ3n) is 8.24. The summed E-state index contributed by atoms with van der Waals surface area (Å²) in [6.07, 6.45) is 4.44. The van der Waals surface area contributed by atoms with Gasteiger partial charge in [0.2, 0.25) is 0 Å². The molecule has 0 saturated carbocycles. The van der Waals surface area contributed by atoms with Crippen LogP contribution in [0.4, 0.5) is 0 Å². The van der Waals surface area contributed by atoms with Crippen molar-refractivity contribution in [1.29, 1.82) is 0 Å². The van der Waals surface area contributed by atoms with Crippen LogP contribution in [0.15, 0.2) is 133 Å². The molecule has 1 aliphatic rings. The highest BCUT2D eigenvalue weighted by Crippen LogP contribution is 2.49. The molecule has 6 aromatic carbocycles. The molecule has 0 unspecified atom stereocenters. The van der Waals surface area contributed by atoms with E-state index in [9.17, 15) is 0 Å². The van der Waals surface area contributed by atoms with Gasteiger partial charge in [0.15, 0.2) is 0 Å². The molecular weight excluding hydrogens is 468 g/mol. The van der Waals surface area contributed by atoms with E-state index in [1.54, 1.807) is 0 Å². The van der Waals surface area contributed by atoms with E-state index in [-0.39, 0.29) is 5.41 Å². The highest BCUT2D eigenvalue weighted by atomic mass is 14.4. The molecule has 186 valence electrons. The molecule has 0 saturated heterocycles. The molecule has 0 atom stereocenters. The summed E-state index contributed by atoms with van der Waals surface area (Å²) in [5.41, 5.74) is 12.9. The lowest BCUT2D eigenvalue weighted by Crippen LogP contribution is -2.14. The molecule has 0 fully saturated rings. The summed E-state index contributed by atoms with van der Waals surface area (Å²) in [5.74, 6) is 0. The highest BCUT2D eigenvalue weighted by molar-refractivity contribution is 5.98. The molecule has 1 aliphatic carbocycles. The Labute approximate surface area is 230 Å². The third kappa shape index (κ3) is 4.10. The Morgan fingerprint density at radius 2 is 1.10 bits per heavy atom. The highest BCUT2D eigenvalue weighted by Gasteiger charge is 2.35. The van der Waals surface area contributed by atoms with Crippen LogP contribution in [0.25, 0.3) is 56.3 Å². The number of fused-ring (bicyclic) bond motifs is 4. The lowest BCUT2D eigenvalue weighted by Gasteiger charge is -2.22. The second kappa shape index (κ2) is 9.26. The Hall–Kier alpha value is -4.68. The van der Waals surface area contributed by atoms with Crippen LogP contribution in [-0.2, 0) is 5.41 Å². The Bertz CT molecular complexity index is 1860. The number of hydrogen-bond acceptors (Lipinski definition) is 0. The molecule has 0 aromatic heterocycles. The fourth-order valence-electron chi connectivity index (χ4n) is 6.19. The standard InChI is InChI=1S/C39H30/c1-39(2)37-18-9-8-16-35(37)36-22-21-30(26-38(36)39)31-23-28(20-19-27-11-4-3-5-12-27)24-32(25-31)34-17-10-14-29-13-6-7-15-33(29)34/h3-26H,1-2H3/b20-19+. The van der Waals surface area contributed by atoms with Gasteiger partial charge < -0.3 is 0 Å². The van der Waals surface area contributed by atoms with Gasteiger partial charge in [-0.25, -0.2) is 0 Å². The van der Waals surface area contributed by atoms with Gasteiger partial charge in [0, 0.05) is 5.41 Å². The van der Waals surface area contributed by atoms with Gasteiger partial charge >= 0.3 is 0 Å². The minimum Gasteiger partial charge on any atom is -0.0622 e. The van der Waals surface area contributed by atoms with E-state index < -0.39 is 0 Å². The van der Waals surface area contributed by atoms with Gasteiger partial charge in [0.1, 0.15) is 0 Å². The van der Waals surface area contributed by atoms with Crippen molar-refractivity contribution in [3.8, 4) is 33.4 Å². The minimum absolute atomic E-state index is 0.0226. The van der Waals surface area contributed by atoms with Gasteiger partial charge in [-0.15, -0.1) is 0 Å². The van der Waals surface area contributed by atoms with Crippen molar-refractivity contribution in [1.82, 2.24) is 0 Å². The maximum absolute atomic E-state index is 2.42. The second-order valence-electron chi connectivity index (χ2n) is 11.0. The molecular formula is C39H30. The van der Waals surface area contributed by atoms with Crippen molar-refractivity contribution >= 4 is 22.9 Å². The van der Waals surface area contributed by atoms with Crippen LogP contribution in [0, 0.1) is 0 Å². The van der Waals surface area contributed by atoms with E-state index in [0.29, 0.717) is 0 Å². The average Bonchev–Trinajstić information content (AvgIpc) is 3.22. The fraction of sp³-hybridized carbons (Fsp3) is 0.0769. The van der Waals surface area contributed by atoms with Crippen molar-refractivity contribution in [3.05, 3.63) is 156 Å². The largest absolute Gasteiger partial charge is 0.0622 e. The first kappa shape index (κ1) is 23.4. The molecule has 6 aromatic rings. The second-order valence-corrected chi connectivity index (χ2v) is 11.0. The molecule has 0 bridgehead atoms. The summed E-state index contributed by atoms with van der Waals surface area (Å²) in [5, 5.41) is 2.54. The van der Waals surface area contributed by atoms with Crippen LogP contribution in [-0.4, -0.2) is 0 Å². The third-order valence-corrected chi connectivity index (χ3v) is 8.24. The molecule has 39 heavy (non-hydrogen) atoms. The van der Waals surface area contributed by atoms with Crippen LogP contribution in [0.3, 0.4) is 0 Å². The maximum atomic E-state index is 2.42. The Morgan fingerprint density at radius 3 is 2.00 bits per heavy atom. The Morgan fingerprint density at radius 1 is 0.436 bits per heavy atom. The lowest BCUT2D eigenvalue weighted by molar-refractivity contribution is 0.660. The van der Waals surface area contributed by atoms with Gasteiger partial charge in [-0.3, -0.25) is 0 Å². The normalized spacial score (nSPS) is 13.5. The first-order chi connectivity index (χ1) is 19.1. The molecule has 7 rings (SSSR count). The van der Waals surface area contributed by atoms with Gasteiger partial charge in [-0.1, -0.05) is 135 Å². The molecule has 0 amide bonds. The van der Waals surface area contributed by atoms with Crippen LogP contribution in [0.1, 0.15) is 36.1 Å². The topological polar surface area (TPSA) is 0 Å². The summed E-state index contributed by atoms with van der Waals surface area (Å²) in [6, 6.07) is 48.7. The molecule has 0 radical (unpaired) electrons. The molecule has 0 heterocycles. The smallest absolute Gasteiger partial charge is 0.0159 e. The SMILES string of the molecule is CC1(C)c2ccccc2-c2ccc(-c3cc(/C=C/c4ccccc4)cc(-c4cccc5ccccc45)c3)cc21. The first-order valence-electron chi connectivity index (χ1n) is 13.7. The van der Waals surface area contributed by atoms with E-state index in [1.807, 2.05) is 0 Å². The summed E-state index contributed by atoms with van der Waals surface area (Å²) < 4.78 is 0. The molecule has 0 aliphatic heterocycles. The van der Waals surface area contributed by atoms with Crippen LogP contribution in [0.2, 0.25) is 0 Å². The van der Waals surface area contributed by atoms with Gasteiger partial charge in [-0.05, 0) is 90.7 Å². The van der Waals surface area contributed by atoms with Gasteiger partial charge in [0.05, 0.1) is 0 Å². The minimum atomic E-state index is -0.0226. The van der Waals surface area contributed by atoms with Crippen molar-refractivity contribution in [2.75, 3.05) is 0 Å². The van der Waals surface area contributed by atoms with Crippen molar-refractivity contribution in [2.24, 2.45) is 0 Å². The monoisotopic (exact) mass is 498 g/mol. The van der Waals surface area contributed by atoms with E-state index in [4.69, 9.17) is 0 Å². The molecule has 0 heteroatoms. The molecule has 0 nitrogen and oxygen atoms in total. The zero-order chi connectivity index (χ0) is 26.4. The quantitative estimate of drug-likeness (QED) is 0.212. The molecule has 0 spiro atoms. The van der Waals surface area contributed by atoms with E-state index in [0.717, 1.165) is 0 Å². The lowest BCUT2D eigenvalue weighted by atomic mass is 9.81. The molecule has 0 N–H and O–H groups in total. The zero-order valence-corrected chi connectivity index (χ0v) is 22.4. The number of rotatable bonds is 4. The number of hydrogen-bond donors (Lipinski definition) is 0. The summed E-state index contributed by atoms with van der Waals surface area (Å²) in [4.78, 5) is 0. The zero-order valence-electron chi connectivity index (χ0n) is 22.4. The van der Waals surface area contributed by atoms with Crippen LogP contribution in [0.5, 0.6) is 0 Å². The summed E-state index contributed by atoms with van der Waals surface area (Å²) in [7, 11) is 0. The maximum Gasteiger partial charge on any atom is 0.0159 e. The summed E-state index contributed by atoms with van der Waals surface area (Å²) >= 11 is 0. The van der Waals surface area contributed by atoms with E-state index in [2.05, 4.69) is 159 Å². The van der Waals surface area contributed by atoms with Crippen LogP contribution < -0.4 is 0 Å². The average molecular weight is 499 g/mol. The Balaban J connectivity index is 1.40. The van der Waals surface area contributed by atoms with Crippen molar-refractivity contribution in [3.63, 3.8) is 0 Å². The predicted molar refractivity (Wildman–Crippen MR) is 168 cm³/mol. The van der Waals surface area contributed by atoms with E-state index >= 15 is 0 Å². The van der Waals surface area contributed by atoms with Gasteiger partial charge in [0.25, 0.3) is 0 Å². The first-order valence-corrected chi connectivity index (χ1v) is 13.7. The van der Waals surface area contributed by atoms with E-state index in [1.165, 1.54) is 66.4 Å².